The van der Waals surface area contributed by atoms with E-state index in [1.165, 1.54) is 0 Å². The maximum atomic E-state index is 10.7. The Balaban J connectivity index is 2.34. The molecule has 0 saturated carbocycles. The molecule has 0 fully saturated rings. The minimum absolute atomic E-state index is 0.0245. The van der Waals surface area contributed by atoms with Crippen LogP contribution in [0, 0.1) is 0 Å². The Hall–Kier alpha value is -0.330. The summed E-state index contributed by atoms with van der Waals surface area (Å²) in [7, 11) is -3.37. The third-order valence-electron chi connectivity index (χ3n) is 2.11. The Morgan fingerprint density at radius 1 is 1.29 bits per heavy atom. The lowest BCUT2D eigenvalue weighted by Gasteiger charge is -2.06. The molecule has 0 amide bonds. The van der Waals surface area contributed by atoms with Gasteiger partial charge in [0.25, 0.3) is 0 Å². The molecule has 0 spiro atoms. The number of primary sulfonamides is 1. The molecular weight excluding hydrogens is 283 g/mol. The van der Waals surface area contributed by atoms with Crippen molar-refractivity contribution in [3.05, 3.63) is 33.8 Å². The predicted molar refractivity (Wildman–Crippen MR) is 70.8 cm³/mol. The normalized spacial score (nSPS) is 11.7. The summed E-state index contributed by atoms with van der Waals surface area (Å²) in [5, 5.41) is 9.21. The van der Waals surface area contributed by atoms with Gasteiger partial charge < -0.3 is 5.32 Å². The molecule has 0 unspecified atom stereocenters. The second kappa shape index (κ2) is 6.56. The maximum Gasteiger partial charge on any atom is 0.209 e. The molecule has 0 aromatic heterocycles. The highest BCUT2D eigenvalue weighted by Gasteiger charge is 2.03. The number of rotatable bonds is 6. The zero-order valence-electron chi connectivity index (χ0n) is 9.12. The molecule has 0 bridgehead atoms. The molecule has 7 heteroatoms. The zero-order chi connectivity index (χ0) is 12.9. The molecule has 1 rings (SSSR count). The molecule has 0 saturated heterocycles. The van der Waals surface area contributed by atoms with E-state index >= 15 is 0 Å². The number of hydrogen-bond donors (Lipinski definition) is 2. The van der Waals surface area contributed by atoms with Crippen LogP contribution in [0.15, 0.2) is 18.2 Å². The summed E-state index contributed by atoms with van der Waals surface area (Å²) >= 11 is 11.8. The van der Waals surface area contributed by atoms with Gasteiger partial charge in [-0.2, -0.15) is 0 Å². The molecular formula is C10H14Cl2N2O2S. The van der Waals surface area contributed by atoms with Crippen molar-refractivity contribution in [2.24, 2.45) is 5.14 Å². The summed E-state index contributed by atoms with van der Waals surface area (Å²) in [6.45, 7) is 1.10. The van der Waals surface area contributed by atoms with Crippen molar-refractivity contribution >= 4 is 33.2 Å². The Labute approximate surface area is 111 Å². The van der Waals surface area contributed by atoms with Crippen molar-refractivity contribution in [1.29, 1.82) is 0 Å². The van der Waals surface area contributed by atoms with Crippen LogP contribution in [0.2, 0.25) is 10.0 Å². The lowest BCUT2D eigenvalue weighted by molar-refractivity contribution is 0.590. The summed E-state index contributed by atoms with van der Waals surface area (Å²) in [5.74, 6) is -0.0245. The van der Waals surface area contributed by atoms with Crippen LogP contribution in [0.5, 0.6) is 0 Å². The monoisotopic (exact) mass is 296 g/mol. The Bertz CT molecular complexity index is 477. The molecule has 0 radical (unpaired) electrons. The van der Waals surface area contributed by atoms with Gasteiger partial charge in [0.2, 0.25) is 10.0 Å². The van der Waals surface area contributed by atoms with Crippen LogP contribution in [-0.4, -0.2) is 20.7 Å². The van der Waals surface area contributed by atoms with E-state index < -0.39 is 10.0 Å². The Kier molecular flexibility index (Phi) is 5.69. The van der Waals surface area contributed by atoms with E-state index in [1.807, 2.05) is 0 Å². The molecule has 0 atom stereocenters. The van der Waals surface area contributed by atoms with Crippen LogP contribution in [0.25, 0.3) is 0 Å². The molecule has 0 heterocycles. The lowest BCUT2D eigenvalue weighted by Crippen LogP contribution is -2.22. The van der Waals surface area contributed by atoms with Crippen molar-refractivity contribution in [2.75, 3.05) is 12.3 Å². The van der Waals surface area contributed by atoms with Crippen LogP contribution < -0.4 is 10.5 Å². The second-order valence-corrected chi connectivity index (χ2v) is 6.21. The SMILES string of the molecule is NS(=O)(=O)CCCNCc1cc(Cl)ccc1Cl. The fraction of sp³-hybridized carbons (Fsp3) is 0.400. The summed E-state index contributed by atoms with van der Waals surface area (Å²) < 4.78 is 21.3. The first-order valence-electron chi connectivity index (χ1n) is 5.03. The van der Waals surface area contributed by atoms with Crippen molar-refractivity contribution in [1.82, 2.24) is 5.32 Å². The largest absolute Gasteiger partial charge is 0.313 e. The first-order chi connectivity index (χ1) is 7.88. The van der Waals surface area contributed by atoms with Crippen molar-refractivity contribution in [2.45, 2.75) is 13.0 Å². The van der Waals surface area contributed by atoms with Crippen LogP contribution in [0.4, 0.5) is 0 Å². The molecule has 0 aliphatic heterocycles. The average molecular weight is 297 g/mol. The quantitative estimate of drug-likeness (QED) is 0.786. The minimum Gasteiger partial charge on any atom is -0.313 e. The highest BCUT2D eigenvalue weighted by molar-refractivity contribution is 7.89. The number of hydrogen-bond acceptors (Lipinski definition) is 3. The molecule has 3 N–H and O–H groups in total. The highest BCUT2D eigenvalue weighted by atomic mass is 35.5. The second-order valence-electron chi connectivity index (χ2n) is 3.63. The van der Waals surface area contributed by atoms with E-state index in [1.54, 1.807) is 18.2 Å². The third kappa shape index (κ3) is 6.24. The third-order valence-corrected chi connectivity index (χ3v) is 3.57. The van der Waals surface area contributed by atoms with Crippen LogP contribution in [0.1, 0.15) is 12.0 Å². The van der Waals surface area contributed by atoms with Gasteiger partial charge in [0.1, 0.15) is 0 Å². The molecule has 0 aliphatic carbocycles. The van der Waals surface area contributed by atoms with Gasteiger partial charge >= 0.3 is 0 Å². The van der Waals surface area contributed by atoms with Crippen molar-refractivity contribution in [3.8, 4) is 0 Å². The zero-order valence-corrected chi connectivity index (χ0v) is 11.4. The van der Waals surface area contributed by atoms with Gasteiger partial charge in [-0.1, -0.05) is 23.2 Å². The first kappa shape index (κ1) is 14.7. The topological polar surface area (TPSA) is 72.2 Å². The van der Waals surface area contributed by atoms with E-state index in [4.69, 9.17) is 28.3 Å². The van der Waals surface area contributed by atoms with Crippen LogP contribution in [0.3, 0.4) is 0 Å². The molecule has 0 aliphatic rings. The van der Waals surface area contributed by atoms with Crippen LogP contribution in [-0.2, 0) is 16.6 Å². The fourth-order valence-electron chi connectivity index (χ4n) is 1.30. The van der Waals surface area contributed by atoms with Gasteiger partial charge in [-0.05, 0) is 36.7 Å². The van der Waals surface area contributed by atoms with E-state index in [0.29, 0.717) is 29.6 Å². The van der Waals surface area contributed by atoms with E-state index in [2.05, 4.69) is 5.32 Å². The van der Waals surface area contributed by atoms with Crippen molar-refractivity contribution in [3.63, 3.8) is 0 Å². The number of halogens is 2. The average Bonchev–Trinajstić information content (AvgIpc) is 2.21. The van der Waals surface area contributed by atoms with Crippen molar-refractivity contribution < 1.29 is 8.42 Å². The Morgan fingerprint density at radius 3 is 2.65 bits per heavy atom. The number of nitrogens with one attached hydrogen (secondary N) is 1. The van der Waals surface area contributed by atoms with E-state index in [9.17, 15) is 8.42 Å². The van der Waals surface area contributed by atoms with E-state index in [0.717, 1.165) is 5.56 Å². The number of nitrogens with two attached hydrogens (primary N) is 1. The maximum absolute atomic E-state index is 10.7. The van der Waals surface area contributed by atoms with Gasteiger partial charge in [0, 0.05) is 16.6 Å². The summed E-state index contributed by atoms with van der Waals surface area (Å²) in [4.78, 5) is 0. The highest BCUT2D eigenvalue weighted by Crippen LogP contribution is 2.20. The van der Waals surface area contributed by atoms with Gasteiger partial charge in [0.05, 0.1) is 5.75 Å². The Morgan fingerprint density at radius 2 is 2.00 bits per heavy atom. The fourth-order valence-corrected chi connectivity index (χ4v) is 2.23. The van der Waals surface area contributed by atoms with Gasteiger partial charge in [-0.25, -0.2) is 13.6 Å². The summed E-state index contributed by atoms with van der Waals surface area (Å²) in [6.07, 6.45) is 0.469. The van der Waals surface area contributed by atoms with Gasteiger partial charge in [-0.3, -0.25) is 0 Å². The minimum atomic E-state index is -3.37. The molecule has 17 heavy (non-hydrogen) atoms. The smallest absolute Gasteiger partial charge is 0.209 e. The number of benzene rings is 1. The van der Waals surface area contributed by atoms with E-state index in [-0.39, 0.29) is 5.75 Å². The first-order valence-corrected chi connectivity index (χ1v) is 7.51. The lowest BCUT2D eigenvalue weighted by atomic mass is 10.2. The van der Waals surface area contributed by atoms with Gasteiger partial charge in [-0.15, -0.1) is 0 Å². The molecule has 96 valence electrons. The van der Waals surface area contributed by atoms with Crippen LogP contribution >= 0.6 is 23.2 Å². The number of sulfonamides is 1. The molecule has 1 aromatic rings. The predicted octanol–water partition coefficient (Wildman–Crippen LogP) is 1.76. The van der Waals surface area contributed by atoms with Gasteiger partial charge in [0.15, 0.2) is 0 Å². The standard InChI is InChI=1S/C10H14Cl2N2O2S/c11-9-2-3-10(12)8(6-9)7-14-4-1-5-17(13,15)16/h2-3,6,14H,1,4-5,7H2,(H2,13,15,16). The molecule has 1 aromatic carbocycles. The summed E-state index contributed by atoms with van der Waals surface area (Å²) in [5.41, 5.74) is 0.884. The molecule has 4 nitrogen and oxygen atoms in total. The summed E-state index contributed by atoms with van der Waals surface area (Å²) in [6, 6.07) is 5.22.